The Morgan fingerprint density at radius 3 is 2.56 bits per heavy atom. The molecular weight excluding hydrogens is 297 g/mol. The first-order chi connectivity index (χ1) is 8.38. The van der Waals surface area contributed by atoms with Gasteiger partial charge in [0.05, 0.1) is 11.1 Å². The van der Waals surface area contributed by atoms with Crippen LogP contribution in [0.2, 0.25) is 10.2 Å². The van der Waals surface area contributed by atoms with Gasteiger partial charge in [0, 0.05) is 6.20 Å². The number of pyridine rings is 1. The van der Waals surface area contributed by atoms with E-state index in [0.29, 0.717) is 12.8 Å². The molecule has 1 aliphatic carbocycles. The molecule has 5 nitrogen and oxygen atoms in total. The molecule has 0 spiro atoms. The van der Waals surface area contributed by atoms with Crippen LogP contribution in [-0.4, -0.2) is 18.9 Å². The first kappa shape index (κ1) is 13.6. The molecule has 1 aliphatic rings. The summed E-state index contributed by atoms with van der Waals surface area (Å²) in [6, 6.07) is 3.21. The molecule has 0 aliphatic heterocycles. The number of sulfonamides is 1. The SMILES string of the molecule is N#CC1(NS(=O)(=O)c2cnc(Cl)c(Cl)c2)CCC1. The molecule has 1 saturated carbocycles. The normalized spacial score (nSPS) is 17.8. The first-order valence-corrected chi connectivity index (χ1v) is 7.39. The summed E-state index contributed by atoms with van der Waals surface area (Å²) in [5.74, 6) is 0. The second kappa shape index (κ2) is 4.67. The van der Waals surface area contributed by atoms with Gasteiger partial charge in [0.2, 0.25) is 10.0 Å². The zero-order valence-corrected chi connectivity index (χ0v) is 11.5. The third-order valence-electron chi connectivity index (χ3n) is 2.83. The zero-order valence-electron chi connectivity index (χ0n) is 9.15. The summed E-state index contributed by atoms with van der Waals surface area (Å²) in [5, 5.41) is 9.10. The van der Waals surface area contributed by atoms with Crippen LogP contribution in [0.3, 0.4) is 0 Å². The Labute approximate surface area is 115 Å². The van der Waals surface area contributed by atoms with Gasteiger partial charge >= 0.3 is 0 Å². The number of halogens is 2. The lowest BCUT2D eigenvalue weighted by Crippen LogP contribution is -2.52. The molecule has 96 valence electrons. The van der Waals surface area contributed by atoms with Crippen LogP contribution in [-0.2, 0) is 10.0 Å². The highest BCUT2D eigenvalue weighted by Gasteiger charge is 2.41. The number of nitriles is 1. The van der Waals surface area contributed by atoms with E-state index in [2.05, 4.69) is 9.71 Å². The van der Waals surface area contributed by atoms with E-state index in [9.17, 15) is 8.42 Å². The second-order valence-electron chi connectivity index (χ2n) is 4.10. The van der Waals surface area contributed by atoms with E-state index in [0.717, 1.165) is 12.6 Å². The minimum absolute atomic E-state index is 0.0363. The maximum absolute atomic E-state index is 12.1. The first-order valence-electron chi connectivity index (χ1n) is 5.15. The highest BCUT2D eigenvalue weighted by molar-refractivity contribution is 7.89. The standard InChI is InChI=1S/C10H9Cl2N3O2S/c11-8-4-7(5-14-9(8)12)18(16,17)15-10(6-13)2-1-3-10/h4-5,15H,1-3H2. The van der Waals surface area contributed by atoms with Gasteiger partial charge in [-0.3, -0.25) is 0 Å². The molecule has 0 bridgehead atoms. The molecule has 0 amide bonds. The lowest BCUT2D eigenvalue weighted by atomic mass is 9.79. The second-order valence-corrected chi connectivity index (χ2v) is 6.54. The number of hydrogen-bond donors (Lipinski definition) is 1. The lowest BCUT2D eigenvalue weighted by molar-refractivity contribution is 0.296. The van der Waals surface area contributed by atoms with E-state index in [1.807, 2.05) is 6.07 Å². The molecular formula is C10H9Cl2N3O2S. The largest absolute Gasteiger partial charge is 0.243 e. The Bertz CT molecular complexity index is 621. The van der Waals surface area contributed by atoms with Gasteiger partial charge in [0.15, 0.2) is 0 Å². The van der Waals surface area contributed by atoms with Gasteiger partial charge in [-0.25, -0.2) is 13.4 Å². The Morgan fingerprint density at radius 1 is 1.44 bits per heavy atom. The molecule has 2 rings (SSSR count). The Balaban J connectivity index is 2.31. The van der Waals surface area contributed by atoms with Crippen LogP contribution in [0.15, 0.2) is 17.2 Å². The van der Waals surface area contributed by atoms with Crippen molar-refractivity contribution >= 4 is 33.2 Å². The van der Waals surface area contributed by atoms with E-state index in [1.54, 1.807) is 0 Å². The molecule has 0 aromatic carbocycles. The van der Waals surface area contributed by atoms with Crippen LogP contribution in [0.1, 0.15) is 19.3 Å². The molecule has 1 aromatic heterocycles. The van der Waals surface area contributed by atoms with Gasteiger partial charge in [-0.05, 0) is 25.3 Å². The highest BCUT2D eigenvalue weighted by atomic mass is 35.5. The molecule has 1 N–H and O–H groups in total. The molecule has 18 heavy (non-hydrogen) atoms. The number of aromatic nitrogens is 1. The molecule has 0 saturated heterocycles. The Hall–Kier alpha value is -0.870. The van der Waals surface area contributed by atoms with Crippen molar-refractivity contribution in [3.63, 3.8) is 0 Å². The fraction of sp³-hybridized carbons (Fsp3) is 0.400. The van der Waals surface area contributed by atoms with Gasteiger partial charge < -0.3 is 0 Å². The van der Waals surface area contributed by atoms with Crippen molar-refractivity contribution in [3.8, 4) is 6.07 Å². The van der Waals surface area contributed by atoms with Gasteiger partial charge in [0.1, 0.15) is 15.6 Å². The molecule has 1 fully saturated rings. The molecule has 0 atom stereocenters. The van der Waals surface area contributed by atoms with Crippen molar-refractivity contribution < 1.29 is 8.42 Å². The fourth-order valence-corrected chi connectivity index (χ4v) is 3.31. The predicted molar refractivity (Wildman–Crippen MR) is 66.8 cm³/mol. The van der Waals surface area contributed by atoms with Gasteiger partial charge in [0.25, 0.3) is 0 Å². The molecule has 1 aromatic rings. The molecule has 0 unspecified atom stereocenters. The monoisotopic (exact) mass is 305 g/mol. The van der Waals surface area contributed by atoms with Crippen LogP contribution in [0.5, 0.6) is 0 Å². The van der Waals surface area contributed by atoms with Crippen LogP contribution in [0, 0.1) is 11.3 Å². The van der Waals surface area contributed by atoms with Gasteiger partial charge in [-0.15, -0.1) is 0 Å². The minimum Gasteiger partial charge on any atom is -0.242 e. The van der Waals surface area contributed by atoms with E-state index in [1.165, 1.54) is 6.07 Å². The van der Waals surface area contributed by atoms with Crippen LogP contribution in [0.25, 0.3) is 0 Å². The summed E-state index contributed by atoms with van der Waals surface area (Å²) in [6.45, 7) is 0. The maximum Gasteiger partial charge on any atom is 0.243 e. The smallest absolute Gasteiger partial charge is 0.242 e. The number of rotatable bonds is 3. The van der Waals surface area contributed by atoms with Crippen LogP contribution >= 0.6 is 23.2 Å². The number of nitrogens with zero attached hydrogens (tertiary/aromatic N) is 2. The van der Waals surface area contributed by atoms with Crippen molar-refractivity contribution in [2.45, 2.75) is 29.7 Å². The predicted octanol–water partition coefficient (Wildman–Crippen LogP) is 2.11. The summed E-state index contributed by atoms with van der Waals surface area (Å²) >= 11 is 11.3. The number of hydrogen-bond acceptors (Lipinski definition) is 4. The zero-order chi connectivity index (χ0) is 13.4. The quantitative estimate of drug-likeness (QED) is 0.867. The minimum atomic E-state index is -3.81. The number of nitrogens with one attached hydrogen (secondary N) is 1. The molecule has 0 radical (unpaired) electrons. The summed E-state index contributed by atoms with van der Waals surface area (Å²) < 4.78 is 26.5. The van der Waals surface area contributed by atoms with Gasteiger partial charge in [-0.1, -0.05) is 23.2 Å². The van der Waals surface area contributed by atoms with Crippen molar-refractivity contribution in [2.75, 3.05) is 0 Å². The van der Waals surface area contributed by atoms with Crippen molar-refractivity contribution in [1.29, 1.82) is 5.26 Å². The van der Waals surface area contributed by atoms with Crippen molar-refractivity contribution in [2.24, 2.45) is 0 Å². The van der Waals surface area contributed by atoms with Crippen LogP contribution < -0.4 is 4.72 Å². The topological polar surface area (TPSA) is 82.9 Å². The summed E-state index contributed by atoms with van der Waals surface area (Å²) in [5.41, 5.74) is -0.995. The third kappa shape index (κ3) is 2.45. The average molecular weight is 306 g/mol. The summed E-state index contributed by atoms with van der Waals surface area (Å²) in [7, 11) is -3.81. The van der Waals surface area contributed by atoms with Crippen molar-refractivity contribution in [3.05, 3.63) is 22.4 Å². The van der Waals surface area contributed by atoms with E-state index >= 15 is 0 Å². The van der Waals surface area contributed by atoms with Crippen LogP contribution in [0.4, 0.5) is 0 Å². The van der Waals surface area contributed by atoms with Gasteiger partial charge in [-0.2, -0.15) is 9.98 Å². The summed E-state index contributed by atoms with van der Waals surface area (Å²) in [6.07, 6.45) is 2.96. The molecule has 1 heterocycles. The Kier molecular flexibility index (Phi) is 3.52. The van der Waals surface area contributed by atoms with Crippen molar-refractivity contribution in [1.82, 2.24) is 9.71 Å². The van der Waals surface area contributed by atoms with E-state index in [4.69, 9.17) is 28.5 Å². The maximum atomic E-state index is 12.1. The lowest BCUT2D eigenvalue weighted by Gasteiger charge is -2.35. The molecule has 8 heteroatoms. The van der Waals surface area contributed by atoms with E-state index in [-0.39, 0.29) is 15.1 Å². The van der Waals surface area contributed by atoms with E-state index < -0.39 is 15.6 Å². The Morgan fingerprint density at radius 2 is 2.11 bits per heavy atom. The highest BCUT2D eigenvalue weighted by Crippen LogP contribution is 2.33. The average Bonchev–Trinajstić information content (AvgIpc) is 2.27. The fourth-order valence-electron chi connectivity index (χ4n) is 1.63. The third-order valence-corrected chi connectivity index (χ3v) is 5.02. The summed E-state index contributed by atoms with van der Waals surface area (Å²) in [4.78, 5) is 3.58.